The molecule has 2 rings (SSSR count). The van der Waals surface area contributed by atoms with Gasteiger partial charge in [-0.1, -0.05) is 44.2 Å². The molecule has 0 saturated carbocycles. The first kappa shape index (κ1) is 17.3. The van der Waals surface area contributed by atoms with Crippen molar-refractivity contribution >= 4 is 30.1 Å². The first-order valence-corrected chi connectivity index (χ1v) is 7.87. The van der Waals surface area contributed by atoms with Crippen molar-refractivity contribution in [1.29, 1.82) is 0 Å². The number of hydrogen-bond acceptors (Lipinski definition) is 3. The maximum absolute atomic E-state index is 12.5. The molecule has 112 valence electrons. The predicted octanol–water partition coefficient (Wildman–Crippen LogP) is 2.71. The lowest BCUT2D eigenvalue weighted by Gasteiger charge is -2.41. The van der Waals surface area contributed by atoms with Crippen molar-refractivity contribution in [3.8, 4) is 0 Å². The predicted molar refractivity (Wildman–Crippen MR) is 88.3 cm³/mol. The fraction of sp³-hybridized carbons (Fsp3) is 0.533. The highest BCUT2D eigenvalue weighted by molar-refractivity contribution is 8.00. The van der Waals surface area contributed by atoms with Crippen LogP contribution in [0, 0.1) is 5.92 Å². The van der Waals surface area contributed by atoms with Gasteiger partial charge in [-0.2, -0.15) is 11.8 Å². The summed E-state index contributed by atoms with van der Waals surface area (Å²) in [5.74, 6) is 1.10. The molecule has 1 aliphatic heterocycles. The van der Waals surface area contributed by atoms with E-state index in [1.165, 1.54) is 5.56 Å². The van der Waals surface area contributed by atoms with E-state index in [-0.39, 0.29) is 30.3 Å². The Bertz CT molecular complexity index is 429. The van der Waals surface area contributed by atoms with Crippen LogP contribution in [0.4, 0.5) is 0 Å². The van der Waals surface area contributed by atoms with E-state index >= 15 is 0 Å². The standard InChI is InChI=1S/C15H22N2OS.ClH/c1-11(10-16)15(18)17-8-9-19-12(2)14(17)13-6-4-3-5-7-13;/h3-7,11-12,14H,8-10,16H2,1-2H3;1H. The van der Waals surface area contributed by atoms with E-state index in [9.17, 15) is 4.79 Å². The van der Waals surface area contributed by atoms with Crippen LogP contribution in [0.1, 0.15) is 25.5 Å². The van der Waals surface area contributed by atoms with Crippen LogP contribution in [-0.4, -0.2) is 34.9 Å². The second-order valence-electron chi connectivity index (χ2n) is 5.10. The van der Waals surface area contributed by atoms with Gasteiger partial charge in [0.25, 0.3) is 0 Å². The molecule has 1 saturated heterocycles. The Hall–Kier alpha value is -0.710. The number of hydrogen-bond donors (Lipinski definition) is 1. The minimum atomic E-state index is -0.0958. The first-order valence-electron chi connectivity index (χ1n) is 6.82. The molecule has 1 aromatic rings. The van der Waals surface area contributed by atoms with Gasteiger partial charge in [0.05, 0.1) is 6.04 Å². The van der Waals surface area contributed by atoms with Gasteiger partial charge in [0.2, 0.25) is 5.91 Å². The van der Waals surface area contributed by atoms with Crippen molar-refractivity contribution in [2.75, 3.05) is 18.8 Å². The number of amides is 1. The van der Waals surface area contributed by atoms with E-state index < -0.39 is 0 Å². The molecule has 1 amide bonds. The summed E-state index contributed by atoms with van der Waals surface area (Å²) in [6.45, 7) is 5.35. The topological polar surface area (TPSA) is 46.3 Å². The summed E-state index contributed by atoms with van der Waals surface area (Å²) in [5.41, 5.74) is 6.87. The van der Waals surface area contributed by atoms with Gasteiger partial charge in [-0.15, -0.1) is 12.4 Å². The van der Waals surface area contributed by atoms with Gasteiger partial charge < -0.3 is 10.6 Å². The lowest BCUT2D eigenvalue weighted by atomic mass is 10.00. The van der Waals surface area contributed by atoms with Gasteiger partial charge >= 0.3 is 0 Å². The van der Waals surface area contributed by atoms with Gasteiger partial charge in [-0.3, -0.25) is 4.79 Å². The van der Waals surface area contributed by atoms with Crippen molar-refractivity contribution < 1.29 is 4.79 Å². The van der Waals surface area contributed by atoms with Crippen LogP contribution in [0.5, 0.6) is 0 Å². The van der Waals surface area contributed by atoms with E-state index in [4.69, 9.17) is 5.73 Å². The minimum Gasteiger partial charge on any atom is -0.333 e. The Morgan fingerprint density at radius 3 is 2.70 bits per heavy atom. The van der Waals surface area contributed by atoms with Crippen molar-refractivity contribution in [2.45, 2.75) is 25.1 Å². The molecule has 5 heteroatoms. The lowest BCUT2D eigenvalue weighted by Crippen LogP contribution is -2.47. The molecule has 3 nitrogen and oxygen atoms in total. The summed E-state index contributed by atoms with van der Waals surface area (Å²) in [7, 11) is 0. The third-order valence-electron chi connectivity index (χ3n) is 3.69. The number of carbonyl (C=O) groups excluding carboxylic acids is 1. The van der Waals surface area contributed by atoms with Gasteiger partial charge in [0.15, 0.2) is 0 Å². The zero-order valence-corrected chi connectivity index (χ0v) is 13.6. The monoisotopic (exact) mass is 314 g/mol. The molecule has 0 spiro atoms. The molecule has 0 bridgehead atoms. The van der Waals surface area contributed by atoms with Crippen LogP contribution in [0.25, 0.3) is 0 Å². The summed E-state index contributed by atoms with van der Waals surface area (Å²) < 4.78 is 0. The fourth-order valence-electron chi connectivity index (χ4n) is 2.55. The van der Waals surface area contributed by atoms with Crippen LogP contribution in [0.2, 0.25) is 0 Å². The first-order chi connectivity index (χ1) is 9.15. The molecule has 3 unspecified atom stereocenters. The molecule has 2 N–H and O–H groups in total. The third-order valence-corrected chi connectivity index (χ3v) is 4.89. The van der Waals surface area contributed by atoms with E-state index in [0.717, 1.165) is 12.3 Å². The van der Waals surface area contributed by atoms with Crippen molar-refractivity contribution in [1.82, 2.24) is 4.90 Å². The zero-order valence-electron chi connectivity index (χ0n) is 12.0. The van der Waals surface area contributed by atoms with E-state index in [1.807, 2.05) is 41.8 Å². The van der Waals surface area contributed by atoms with Crippen LogP contribution >= 0.6 is 24.2 Å². The zero-order chi connectivity index (χ0) is 13.8. The van der Waals surface area contributed by atoms with Crippen molar-refractivity contribution in [3.05, 3.63) is 35.9 Å². The van der Waals surface area contributed by atoms with E-state index in [1.54, 1.807) is 0 Å². The smallest absolute Gasteiger partial charge is 0.227 e. The fourth-order valence-corrected chi connectivity index (χ4v) is 3.71. The second kappa shape index (κ2) is 7.91. The molecular formula is C15H23ClN2OS. The average Bonchev–Trinajstić information content (AvgIpc) is 2.46. The van der Waals surface area contributed by atoms with Crippen LogP contribution in [0.15, 0.2) is 30.3 Å². The Kier molecular flexibility index (Phi) is 6.86. The average molecular weight is 315 g/mol. The Balaban J connectivity index is 0.00000200. The third kappa shape index (κ3) is 3.68. The summed E-state index contributed by atoms with van der Waals surface area (Å²) in [5, 5.41) is 0.421. The van der Waals surface area contributed by atoms with E-state index in [0.29, 0.717) is 11.8 Å². The van der Waals surface area contributed by atoms with E-state index in [2.05, 4.69) is 19.1 Å². The van der Waals surface area contributed by atoms with Crippen molar-refractivity contribution in [3.63, 3.8) is 0 Å². The maximum Gasteiger partial charge on any atom is 0.227 e. The SMILES string of the molecule is CC(CN)C(=O)N1CCSC(C)C1c1ccccc1.Cl. The maximum atomic E-state index is 12.5. The number of halogens is 1. The van der Waals surface area contributed by atoms with Gasteiger partial charge in [0.1, 0.15) is 0 Å². The Morgan fingerprint density at radius 1 is 1.45 bits per heavy atom. The van der Waals surface area contributed by atoms with Crippen LogP contribution in [0.3, 0.4) is 0 Å². The molecule has 1 aromatic carbocycles. The summed E-state index contributed by atoms with van der Waals surface area (Å²) >= 11 is 1.94. The van der Waals surface area contributed by atoms with Gasteiger partial charge in [-0.05, 0) is 5.56 Å². The molecule has 1 heterocycles. The summed E-state index contributed by atoms with van der Waals surface area (Å²) in [6.07, 6.45) is 0. The highest BCUT2D eigenvalue weighted by Crippen LogP contribution is 2.36. The molecule has 3 atom stereocenters. The van der Waals surface area contributed by atoms with Gasteiger partial charge in [0, 0.05) is 30.0 Å². The number of nitrogens with two attached hydrogens (primary N) is 1. The molecule has 1 fully saturated rings. The summed E-state index contributed by atoms with van der Waals surface area (Å²) in [6, 6.07) is 10.5. The largest absolute Gasteiger partial charge is 0.333 e. The molecule has 1 aliphatic rings. The Labute approximate surface area is 131 Å². The lowest BCUT2D eigenvalue weighted by molar-refractivity contribution is -0.137. The molecular weight excluding hydrogens is 292 g/mol. The highest BCUT2D eigenvalue weighted by Gasteiger charge is 2.34. The second-order valence-corrected chi connectivity index (χ2v) is 6.58. The number of benzene rings is 1. The molecule has 0 aromatic heterocycles. The summed E-state index contributed by atoms with van der Waals surface area (Å²) in [4.78, 5) is 14.5. The quantitative estimate of drug-likeness (QED) is 0.933. The van der Waals surface area contributed by atoms with Crippen LogP contribution < -0.4 is 5.73 Å². The van der Waals surface area contributed by atoms with Gasteiger partial charge in [-0.25, -0.2) is 0 Å². The number of thioether (sulfide) groups is 1. The normalized spacial score (nSPS) is 23.9. The molecule has 0 radical (unpaired) electrons. The Morgan fingerprint density at radius 2 is 2.10 bits per heavy atom. The highest BCUT2D eigenvalue weighted by atomic mass is 35.5. The minimum absolute atomic E-state index is 0. The number of rotatable bonds is 3. The molecule has 20 heavy (non-hydrogen) atoms. The van der Waals surface area contributed by atoms with Crippen LogP contribution in [-0.2, 0) is 4.79 Å². The number of nitrogens with zero attached hydrogens (tertiary/aromatic N) is 1. The molecule has 0 aliphatic carbocycles. The number of carbonyl (C=O) groups is 1. The van der Waals surface area contributed by atoms with Crippen molar-refractivity contribution in [2.24, 2.45) is 11.7 Å².